The van der Waals surface area contributed by atoms with E-state index in [2.05, 4.69) is 0 Å². The standard InChI is InChI=1S/C12H19NO4S2/c1-17-10-4-7-13(8-5-10)19(15,16)12-3-2-11(18-12)6-9-14/h2-3,10,14H,4-9H2,1H3. The van der Waals surface area contributed by atoms with Crippen molar-refractivity contribution in [1.82, 2.24) is 4.31 Å². The monoisotopic (exact) mass is 305 g/mol. The molecule has 7 heteroatoms. The van der Waals surface area contributed by atoms with Gasteiger partial charge in [0, 0.05) is 38.1 Å². The van der Waals surface area contributed by atoms with Crippen LogP contribution in [0.15, 0.2) is 16.3 Å². The SMILES string of the molecule is COC1CCN(S(=O)(=O)c2ccc(CCO)s2)CC1. The summed E-state index contributed by atoms with van der Waals surface area (Å²) in [5, 5.41) is 8.87. The lowest BCUT2D eigenvalue weighted by molar-refractivity contribution is 0.0605. The predicted molar refractivity (Wildman–Crippen MR) is 73.9 cm³/mol. The van der Waals surface area contributed by atoms with E-state index in [0.29, 0.717) is 23.7 Å². The Kier molecular flexibility index (Phi) is 4.97. The maximum Gasteiger partial charge on any atom is 0.252 e. The van der Waals surface area contributed by atoms with Gasteiger partial charge >= 0.3 is 0 Å². The summed E-state index contributed by atoms with van der Waals surface area (Å²) in [5.41, 5.74) is 0. The molecule has 2 rings (SSSR count). The molecule has 0 aromatic carbocycles. The molecule has 108 valence electrons. The Bertz CT molecular complexity index is 504. The molecule has 5 nitrogen and oxygen atoms in total. The number of hydrogen-bond acceptors (Lipinski definition) is 5. The zero-order valence-electron chi connectivity index (χ0n) is 10.9. The highest BCUT2D eigenvalue weighted by Crippen LogP contribution is 2.27. The van der Waals surface area contributed by atoms with Gasteiger partial charge in [0.25, 0.3) is 10.0 Å². The first-order chi connectivity index (χ1) is 9.07. The Morgan fingerprint density at radius 2 is 2.11 bits per heavy atom. The maximum atomic E-state index is 12.4. The average molecular weight is 305 g/mol. The number of hydrogen-bond donors (Lipinski definition) is 1. The van der Waals surface area contributed by atoms with E-state index >= 15 is 0 Å². The summed E-state index contributed by atoms with van der Waals surface area (Å²) in [7, 11) is -1.71. The summed E-state index contributed by atoms with van der Waals surface area (Å²) in [4.78, 5) is 0.896. The lowest BCUT2D eigenvalue weighted by Gasteiger charge is -2.29. The first-order valence-corrected chi connectivity index (χ1v) is 8.56. The predicted octanol–water partition coefficient (Wildman–Crippen LogP) is 1.08. The van der Waals surface area contributed by atoms with E-state index in [4.69, 9.17) is 9.84 Å². The Balaban J connectivity index is 2.09. The number of rotatable bonds is 5. The van der Waals surface area contributed by atoms with Crippen molar-refractivity contribution >= 4 is 21.4 Å². The van der Waals surface area contributed by atoms with Crippen LogP contribution in [-0.4, -0.2) is 50.7 Å². The van der Waals surface area contributed by atoms with Gasteiger partial charge in [-0.3, -0.25) is 0 Å². The minimum atomic E-state index is -3.38. The van der Waals surface area contributed by atoms with Crippen LogP contribution in [0.1, 0.15) is 17.7 Å². The van der Waals surface area contributed by atoms with Gasteiger partial charge in [0.2, 0.25) is 0 Å². The van der Waals surface area contributed by atoms with Gasteiger partial charge in [0.05, 0.1) is 6.10 Å². The van der Waals surface area contributed by atoms with E-state index in [1.165, 1.54) is 15.6 Å². The lowest BCUT2D eigenvalue weighted by Crippen LogP contribution is -2.40. The van der Waals surface area contributed by atoms with Crippen molar-refractivity contribution in [3.63, 3.8) is 0 Å². The summed E-state index contributed by atoms with van der Waals surface area (Å²) in [6.07, 6.45) is 2.15. The quantitative estimate of drug-likeness (QED) is 0.884. The molecule has 1 N–H and O–H groups in total. The van der Waals surface area contributed by atoms with Gasteiger partial charge in [-0.2, -0.15) is 4.31 Å². The molecule has 1 aromatic rings. The molecule has 1 aromatic heterocycles. The van der Waals surface area contributed by atoms with Crippen LogP contribution in [0.5, 0.6) is 0 Å². The molecule has 0 bridgehead atoms. The Labute approximate surface area is 117 Å². The van der Waals surface area contributed by atoms with Crippen LogP contribution in [0, 0.1) is 0 Å². The van der Waals surface area contributed by atoms with Crippen molar-refractivity contribution in [2.75, 3.05) is 26.8 Å². The minimum Gasteiger partial charge on any atom is -0.396 e. The third-order valence-electron chi connectivity index (χ3n) is 3.32. The minimum absolute atomic E-state index is 0.0409. The van der Waals surface area contributed by atoms with Crippen LogP contribution in [0.2, 0.25) is 0 Å². The summed E-state index contributed by atoms with van der Waals surface area (Å²) >= 11 is 1.24. The van der Waals surface area contributed by atoms with E-state index < -0.39 is 10.0 Å². The van der Waals surface area contributed by atoms with Crippen LogP contribution < -0.4 is 0 Å². The molecule has 0 amide bonds. The van der Waals surface area contributed by atoms with Crippen molar-refractivity contribution in [3.05, 3.63) is 17.0 Å². The van der Waals surface area contributed by atoms with Gasteiger partial charge in [-0.25, -0.2) is 8.42 Å². The second-order valence-electron chi connectivity index (χ2n) is 4.53. The fourth-order valence-corrected chi connectivity index (χ4v) is 5.15. The van der Waals surface area contributed by atoms with Gasteiger partial charge in [-0.1, -0.05) is 0 Å². The van der Waals surface area contributed by atoms with Crippen molar-refractivity contribution in [2.45, 2.75) is 29.6 Å². The Morgan fingerprint density at radius 3 is 2.68 bits per heavy atom. The third-order valence-corrected chi connectivity index (χ3v) is 6.83. The molecule has 2 heterocycles. The largest absolute Gasteiger partial charge is 0.396 e. The van der Waals surface area contributed by atoms with E-state index in [-0.39, 0.29) is 12.7 Å². The van der Waals surface area contributed by atoms with E-state index in [9.17, 15) is 8.42 Å². The number of aliphatic hydroxyl groups is 1. The average Bonchev–Trinajstić information content (AvgIpc) is 2.89. The van der Waals surface area contributed by atoms with Gasteiger partial charge in [0.1, 0.15) is 4.21 Å². The Hall–Kier alpha value is -0.470. The van der Waals surface area contributed by atoms with Crippen LogP contribution in [0.25, 0.3) is 0 Å². The molecule has 0 spiro atoms. The second kappa shape index (κ2) is 6.32. The number of methoxy groups -OCH3 is 1. The van der Waals surface area contributed by atoms with Gasteiger partial charge in [0.15, 0.2) is 0 Å². The molecule has 0 atom stereocenters. The number of ether oxygens (including phenoxy) is 1. The van der Waals surface area contributed by atoms with Crippen LogP contribution in [-0.2, 0) is 21.2 Å². The molecule has 1 aliphatic rings. The van der Waals surface area contributed by atoms with Crippen molar-refractivity contribution < 1.29 is 18.3 Å². The molecule has 19 heavy (non-hydrogen) atoms. The number of thiophene rings is 1. The van der Waals surface area contributed by atoms with Crippen molar-refractivity contribution in [3.8, 4) is 0 Å². The summed E-state index contributed by atoms with van der Waals surface area (Å²) < 4.78 is 32.0. The van der Waals surface area contributed by atoms with Crippen LogP contribution in [0.4, 0.5) is 0 Å². The summed E-state index contributed by atoms with van der Waals surface area (Å²) in [5.74, 6) is 0. The molecule has 1 aliphatic heterocycles. The summed E-state index contributed by atoms with van der Waals surface area (Å²) in [6.45, 7) is 1.06. The second-order valence-corrected chi connectivity index (χ2v) is 7.87. The highest BCUT2D eigenvalue weighted by Gasteiger charge is 2.30. The zero-order valence-corrected chi connectivity index (χ0v) is 12.5. The molecule has 0 saturated carbocycles. The van der Waals surface area contributed by atoms with E-state index in [1.807, 2.05) is 0 Å². The third kappa shape index (κ3) is 3.35. The fraction of sp³-hybridized carbons (Fsp3) is 0.667. The van der Waals surface area contributed by atoms with Crippen molar-refractivity contribution in [2.24, 2.45) is 0 Å². The molecule has 0 radical (unpaired) electrons. The van der Waals surface area contributed by atoms with Crippen LogP contribution in [0.3, 0.4) is 0 Å². The van der Waals surface area contributed by atoms with E-state index in [1.54, 1.807) is 19.2 Å². The first kappa shape index (κ1) is 14.9. The molecule has 0 aliphatic carbocycles. The van der Waals surface area contributed by atoms with Gasteiger partial charge in [-0.05, 0) is 25.0 Å². The number of nitrogens with zero attached hydrogens (tertiary/aromatic N) is 1. The van der Waals surface area contributed by atoms with Crippen LogP contribution >= 0.6 is 11.3 Å². The van der Waals surface area contributed by atoms with Gasteiger partial charge < -0.3 is 9.84 Å². The zero-order chi connectivity index (χ0) is 13.9. The molecular formula is C12H19NO4S2. The molecule has 1 saturated heterocycles. The number of piperidine rings is 1. The Morgan fingerprint density at radius 1 is 1.42 bits per heavy atom. The van der Waals surface area contributed by atoms with Crippen molar-refractivity contribution in [1.29, 1.82) is 0 Å². The molecule has 0 unspecified atom stereocenters. The lowest BCUT2D eigenvalue weighted by atomic mass is 10.1. The highest BCUT2D eigenvalue weighted by atomic mass is 32.2. The normalized spacial score (nSPS) is 18.8. The smallest absolute Gasteiger partial charge is 0.252 e. The van der Waals surface area contributed by atoms with Gasteiger partial charge in [-0.15, -0.1) is 11.3 Å². The number of aliphatic hydroxyl groups excluding tert-OH is 1. The van der Waals surface area contributed by atoms with E-state index in [0.717, 1.165) is 17.7 Å². The highest BCUT2D eigenvalue weighted by molar-refractivity contribution is 7.91. The first-order valence-electron chi connectivity index (χ1n) is 6.30. The maximum absolute atomic E-state index is 12.4. The summed E-state index contributed by atoms with van der Waals surface area (Å²) in [6, 6.07) is 3.41. The fourth-order valence-electron chi connectivity index (χ4n) is 2.18. The molecule has 1 fully saturated rings. The topological polar surface area (TPSA) is 66.8 Å². The molecular weight excluding hydrogens is 286 g/mol. The number of sulfonamides is 1.